The van der Waals surface area contributed by atoms with E-state index in [0.717, 1.165) is 18.7 Å². The molecule has 0 aliphatic carbocycles. The van der Waals surface area contributed by atoms with Crippen LogP contribution in [0.2, 0.25) is 5.02 Å². The van der Waals surface area contributed by atoms with Gasteiger partial charge < -0.3 is 5.32 Å². The fourth-order valence-electron chi connectivity index (χ4n) is 2.08. The molecule has 0 radical (unpaired) electrons. The lowest BCUT2D eigenvalue weighted by Gasteiger charge is -2.18. The van der Waals surface area contributed by atoms with Crippen LogP contribution in [0.15, 0.2) is 24.4 Å². The van der Waals surface area contributed by atoms with E-state index in [1.807, 2.05) is 4.68 Å². The molecule has 1 aromatic carbocycles. The third kappa shape index (κ3) is 2.77. The molecule has 6 heteroatoms. The summed E-state index contributed by atoms with van der Waals surface area (Å²) in [6.07, 6.45) is 2.63. The maximum absolute atomic E-state index is 13.6. The first-order chi connectivity index (χ1) is 9.19. The molecule has 1 heterocycles. The van der Waals surface area contributed by atoms with Crippen LogP contribution >= 0.6 is 11.6 Å². The zero-order valence-corrected chi connectivity index (χ0v) is 11.7. The Morgan fingerprint density at radius 2 is 2.26 bits per heavy atom. The number of halogens is 2. The van der Waals surface area contributed by atoms with E-state index in [1.54, 1.807) is 25.4 Å². The van der Waals surface area contributed by atoms with E-state index in [1.165, 1.54) is 6.07 Å². The lowest BCUT2D eigenvalue weighted by atomic mass is 10.0. The zero-order valence-electron chi connectivity index (χ0n) is 10.9. The highest BCUT2D eigenvalue weighted by Crippen LogP contribution is 2.29. The molecular formula is C13H16ClFN4. The van der Waals surface area contributed by atoms with Crippen molar-refractivity contribution >= 4 is 11.6 Å². The summed E-state index contributed by atoms with van der Waals surface area (Å²) in [5.41, 5.74) is 1.56. The van der Waals surface area contributed by atoms with Crippen molar-refractivity contribution in [3.63, 3.8) is 0 Å². The number of hydrogen-bond donors (Lipinski definition) is 1. The van der Waals surface area contributed by atoms with E-state index in [2.05, 4.69) is 22.6 Å². The number of hydrogen-bond acceptors (Lipinski definition) is 3. The Labute approximate surface area is 116 Å². The van der Waals surface area contributed by atoms with Gasteiger partial charge in [0.25, 0.3) is 0 Å². The van der Waals surface area contributed by atoms with Crippen molar-refractivity contribution in [3.8, 4) is 0 Å². The molecule has 0 saturated carbocycles. The highest BCUT2D eigenvalue weighted by atomic mass is 35.5. The highest BCUT2D eigenvalue weighted by Gasteiger charge is 2.21. The van der Waals surface area contributed by atoms with Crippen LogP contribution in [-0.2, 0) is 6.54 Å². The van der Waals surface area contributed by atoms with Gasteiger partial charge in [0, 0.05) is 6.54 Å². The van der Waals surface area contributed by atoms with Crippen LogP contribution in [-0.4, -0.2) is 22.0 Å². The molecule has 1 aromatic heterocycles. The van der Waals surface area contributed by atoms with E-state index in [9.17, 15) is 4.39 Å². The van der Waals surface area contributed by atoms with Crippen LogP contribution in [0.1, 0.15) is 30.6 Å². The van der Waals surface area contributed by atoms with E-state index < -0.39 is 5.82 Å². The van der Waals surface area contributed by atoms with Crippen LogP contribution in [0.25, 0.3) is 0 Å². The van der Waals surface area contributed by atoms with Crippen LogP contribution in [0.5, 0.6) is 0 Å². The lowest BCUT2D eigenvalue weighted by Crippen LogP contribution is -2.22. The monoisotopic (exact) mass is 282 g/mol. The SMILES string of the molecule is CCCn1nncc1C(NC)c1cccc(F)c1Cl. The fourth-order valence-corrected chi connectivity index (χ4v) is 2.32. The van der Waals surface area contributed by atoms with E-state index in [4.69, 9.17) is 11.6 Å². The van der Waals surface area contributed by atoms with Gasteiger partial charge in [-0.2, -0.15) is 0 Å². The summed E-state index contributed by atoms with van der Waals surface area (Å²) in [6.45, 7) is 2.83. The van der Waals surface area contributed by atoms with Crippen molar-refractivity contribution in [2.24, 2.45) is 0 Å². The average molecular weight is 283 g/mol. The highest BCUT2D eigenvalue weighted by molar-refractivity contribution is 6.31. The second kappa shape index (κ2) is 6.12. The largest absolute Gasteiger partial charge is 0.308 e. The molecule has 1 atom stereocenters. The summed E-state index contributed by atoms with van der Waals surface area (Å²) >= 11 is 6.05. The molecule has 2 aromatic rings. The Hall–Kier alpha value is -1.46. The summed E-state index contributed by atoms with van der Waals surface area (Å²) in [5.74, 6) is -0.422. The van der Waals surface area contributed by atoms with Crippen LogP contribution < -0.4 is 5.32 Å². The van der Waals surface area contributed by atoms with Gasteiger partial charge in [-0.3, -0.25) is 0 Å². The third-order valence-corrected chi connectivity index (χ3v) is 3.36. The van der Waals surface area contributed by atoms with Gasteiger partial charge in [-0.1, -0.05) is 35.9 Å². The number of nitrogens with one attached hydrogen (secondary N) is 1. The minimum Gasteiger partial charge on any atom is -0.308 e. The first-order valence-corrected chi connectivity index (χ1v) is 6.56. The van der Waals surface area contributed by atoms with E-state index in [0.29, 0.717) is 5.56 Å². The number of aromatic nitrogens is 3. The van der Waals surface area contributed by atoms with Crippen molar-refractivity contribution in [2.45, 2.75) is 25.9 Å². The molecule has 0 saturated heterocycles. The molecular weight excluding hydrogens is 267 g/mol. The Bertz CT molecular complexity index is 555. The Kier molecular flexibility index (Phi) is 4.50. The van der Waals surface area contributed by atoms with Crippen molar-refractivity contribution in [3.05, 3.63) is 46.5 Å². The lowest BCUT2D eigenvalue weighted by molar-refractivity contribution is 0.521. The van der Waals surface area contributed by atoms with E-state index in [-0.39, 0.29) is 11.1 Å². The standard InChI is InChI=1S/C13H16ClFN4/c1-3-7-19-11(8-17-18-19)13(16-2)9-5-4-6-10(15)12(9)14/h4-6,8,13,16H,3,7H2,1-2H3. The summed E-state index contributed by atoms with van der Waals surface area (Å²) < 4.78 is 15.4. The summed E-state index contributed by atoms with van der Waals surface area (Å²) in [4.78, 5) is 0. The first kappa shape index (κ1) is 14.0. The minimum atomic E-state index is -0.422. The quantitative estimate of drug-likeness (QED) is 0.917. The van der Waals surface area contributed by atoms with Gasteiger partial charge in [0.15, 0.2) is 0 Å². The Balaban J connectivity index is 2.44. The van der Waals surface area contributed by atoms with Crippen molar-refractivity contribution in [1.82, 2.24) is 20.3 Å². The van der Waals surface area contributed by atoms with Crippen molar-refractivity contribution in [2.75, 3.05) is 7.05 Å². The maximum atomic E-state index is 13.6. The number of nitrogens with zero attached hydrogens (tertiary/aromatic N) is 3. The van der Waals surface area contributed by atoms with Gasteiger partial charge in [0.2, 0.25) is 0 Å². The summed E-state index contributed by atoms with van der Waals surface area (Å²) in [7, 11) is 1.80. The molecule has 0 fully saturated rings. The number of rotatable bonds is 5. The van der Waals surface area contributed by atoms with Gasteiger partial charge in [-0.25, -0.2) is 9.07 Å². The summed E-state index contributed by atoms with van der Waals surface area (Å²) in [5, 5.41) is 11.2. The number of aryl methyl sites for hydroxylation is 1. The minimum absolute atomic E-state index is 0.131. The maximum Gasteiger partial charge on any atom is 0.142 e. The Morgan fingerprint density at radius 1 is 1.47 bits per heavy atom. The third-order valence-electron chi connectivity index (χ3n) is 2.96. The predicted octanol–water partition coefficient (Wildman–Crippen LogP) is 2.79. The zero-order chi connectivity index (χ0) is 13.8. The summed E-state index contributed by atoms with van der Waals surface area (Å²) in [6, 6.07) is 4.56. The van der Waals surface area contributed by atoms with E-state index >= 15 is 0 Å². The average Bonchev–Trinajstić information content (AvgIpc) is 2.84. The van der Waals surface area contributed by atoms with Crippen LogP contribution in [0.4, 0.5) is 4.39 Å². The van der Waals surface area contributed by atoms with Gasteiger partial charge in [0.05, 0.1) is 23.0 Å². The molecule has 2 rings (SSSR count). The second-order valence-electron chi connectivity index (χ2n) is 4.25. The molecule has 1 unspecified atom stereocenters. The molecule has 0 aliphatic heterocycles. The fraction of sp³-hybridized carbons (Fsp3) is 0.385. The molecule has 0 bridgehead atoms. The van der Waals surface area contributed by atoms with Gasteiger partial charge in [-0.15, -0.1) is 5.10 Å². The molecule has 19 heavy (non-hydrogen) atoms. The molecule has 4 nitrogen and oxygen atoms in total. The smallest absolute Gasteiger partial charge is 0.142 e. The predicted molar refractivity (Wildman–Crippen MR) is 72.6 cm³/mol. The van der Waals surface area contributed by atoms with Crippen molar-refractivity contribution < 1.29 is 4.39 Å². The van der Waals surface area contributed by atoms with Gasteiger partial charge in [0.1, 0.15) is 5.82 Å². The molecule has 102 valence electrons. The Morgan fingerprint density at radius 3 is 2.95 bits per heavy atom. The normalized spacial score (nSPS) is 12.6. The molecule has 0 spiro atoms. The van der Waals surface area contributed by atoms with Gasteiger partial charge >= 0.3 is 0 Å². The topological polar surface area (TPSA) is 42.7 Å². The van der Waals surface area contributed by atoms with Crippen LogP contribution in [0.3, 0.4) is 0 Å². The second-order valence-corrected chi connectivity index (χ2v) is 4.62. The van der Waals surface area contributed by atoms with Crippen LogP contribution in [0, 0.1) is 5.82 Å². The molecule has 0 amide bonds. The molecule has 1 N–H and O–H groups in total. The van der Waals surface area contributed by atoms with Crippen molar-refractivity contribution in [1.29, 1.82) is 0 Å². The first-order valence-electron chi connectivity index (χ1n) is 6.18. The molecule has 0 aliphatic rings. The van der Waals surface area contributed by atoms with Gasteiger partial charge in [-0.05, 0) is 25.1 Å². The number of benzene rings is 1.